The van der Waals surface area contributed by atoms with Gasteiger partial charge in [0.1, 0.15) is 11.5 Å². The minimum absolute atomic E-state index is 0.0410. The Morgan fingerprint density at radius 1 is 0.897 bits per heavy atom. The molecule has 0 radical (unpaired) electrons. The highest BCUT2D eigenvalue weighted by atomic mass is 32.2. The van der Waals surface area contributed by atoms with E-state index in [4.69, 9.17) is 0 Å². The Labute approximate surface area is 170 Å². The van der Waals surface area contributed by atoms with Gasteiger partial charge in [-0.25, -0.2) is 8.42 Å². The van der Waals surface area contributed by atoms with Crippen LogP contribution in [0, 0.1) is 20.8 Å². The third-order valence-electron chi connectivity index (χ3n) is 4.43. The Morgan fingerprint density at radius 2 is 1.52 bits per heavy atom. The molecule has 0 atom stereocenters. The van der Waals surface area contributed by atoms with E-state index in [1.54, 1.807) is 12.1 Å². The van der Waals surface area contributed by atoms with Crippen LogP contribution in [0.2, 0.25) is 0 Å². The number of aromatic hydroxyl groups is 2. The normalized spacial score (nSPS) is 11.7. The molecule has 0 aliphatic rings. The summed E-state index contributed by atoms with van der Waals surface area (Å²) < 4.78 is 28.2. The first kappa shape index (κ1) is 20.4. The summed E-state index contributed by atoms with van der Waals surface area (Å²) >= 11 is 0. The highest BCUT2D eigenvalue weighted by molar-refractivity contribution is 7.92. The SMILES string of the molecule is Cc1cc(C)c(NS(=O)(=O)c2ccc(N=Cc3ccc(O)cc3O)cc2)c(C)c1. The van der Waals surface area contributed by atoms with Crippen molar-refractivity contribution < 1.29 is 18.6 Å². The standard InChI is InChI=1S/C22H22N2O4S/c1-14-10-15(2)22(16(3)11-14)24-29(27,28)20-8-5-18(6-9-20)23-13-17-4-7-19(25)12-21(17)26/h4-13,24-26H,1-3H3. The van der Waals surface area contributed by atoms with Gasteiger partial charge in [0.25, 0.3) is 10.0 Å². The molecule has 29 heavy (non-hydrogen) atoms. The Bertz CT molecular complexity index is 1160. The highest BCUT2D eigenvalue weighted by Gasteiger charge is 2.16. The van der Waals surface area contributed by atoms with Crippen LogP contribution in [0.5, 0.6) is 11.5 Å². The van der Waals surface area contributed by atoms with Gasteiger partial charge >= 0.3 is 0 Å². The van der Waals surface area contributed by atoms with Gasteiger partial charge in [0.05, 0.1) is 16.3 Å². The number of hydrogen-bond acceptors (Lipinski definition) is 5. The molecule has 0 spiro atoms. The Hall–Kier alpha value is -3.32. The fourth-order valence-electron chi connectivity index (χ4n) is 3.03. The van der Waals surface area contributed by atoms with Gasteiger partial charge < -0.3 is 10.2 Å². The molecule has 3 rings (SSSR count). The summed E-state index contributed by atoms with van der Waals surface area (Å²) in [5.41, 5.74) is 4.35. The van der Waals surface area contributed by atoms with Crippen LogP contribution < -0.4 is 4.72 Å². The maximum atomic E-state index is 12.8. The zero-order valence-corrected chi connectivity index (χ0v) is 17.2. The van der Waals surface area contributed by atoms with Crippen molar-refractivity contribution in [2.75, 3.05) is 4.72 Å². The average Bonchev–Trinajstić information content (AvgIpc) is 2.64. The molecule has 0 unspecified atom stereocenters. The predicted octanol–water partition coefficient (Wildman–Crippen LogP) is 4.57. The summed E-state index contributed by atoms with van der Waals surface area (Å²) in [6.07, 6.45) is 1.44. The number of aliphatic imine (C=N–C) groups is 1. The summed E-state index contributed by atoms with van der Waals surface area (Å²) in [6, 6.07) is 14.2. The number of rotatable bonds is 5. The van der Waals surface area contributed by atoms with Gasteiger partial charge in [-0.2, -0.15) is 0 Å². The number of sulfonamides is 1. The first-order valence-electron chi connectivity index (χ1n) is 8.92. The molecule has 0 aromatic heterocycles. The lowest BCUT2D eigenvalue weighted by atomic mass is 10.1. The summed E-state index contributed by atoms with van der Waals surface area (Å²) in [7, 11) is -3.74. The van der Waals surface area contributed by atoms with Gasteiger partial charge in [0.2, 0.25) is 0 Å². The number of nitrogens with one attached hydrogen (secondary N) is 1. The van der Waals surface area contributed by atoms with Crippen LogP contribution in [0.4, 0.5) is 11.4 Å². The van der Waals surface area contributed by atoms with E-state index in [-0.39, 0.29) is 16.4 Å². The van der Waals surface area contributed by atoms with Gasteiger partial charge in [-0.05, 0) is 68.3 Å². The fourth-order valence-corrected chi connectivity index (χ4v) is 4.23. The number of aryl methyl sites for hydroxylation is 3. The van der Waals surface area contributed by atoms with Crippen LogP contribution in [0.25, 0.3) is 0 Å². The average molecular weight is 410 g/mol. The van der Waals surface area contributed by atoms with E-state index in [0.29, 0.717) is 16.9 Å². The molecule has 6 nitrogen and oxygen atoms in total. The lowest BCUT2D eigenvalue weighted by molar-refractivity contribution is 0.450. The van der Waals surface area contributed by atoms with Crippen LogP contribution in [0.15, 0.2) is 64.5 Å². The van der Waals surface area contributed by atoms with E-state index in [9.17, 15) is 18.6 Å². The monoisotopic (exact) mass is 410 g/mol. The Kier molecular flexibility index (Phi) is 5.61. The molecule has 0 fully saturated rings. The van der Waals surface area contributed by atoms with E-state index in [1.165, 1.54) is 36.5 Å². The van der Waals surface area contributed by atoms with Crippen LogP contribution in [-0.2, 0) is 10.0 Å². The van der Waals surface area contributed by atoms with Crippen molar-refractivity contribution >= 4 is 27.6 Å². The second-order valence-electron chi connectivity index (χ2n) is 6.87. The van der Waals surface area contributed by atoms with Crippen molar-refractivity contribution in [2.24, 2.45) is 4.99 Å². The Balaban J connectivity index is 1.81. The number of phenols is 2. The van der Waals surface area contributed by atoms with Gasteiger partial charge in [-0.15, -0.1) is 0 Å². The second-order valence-corrected chi connectivity index (χ2v) is 8.56. The molecule has 150 valence electrons. The van der Waals surface area contributed by atoms with Gasteiger partial charge in [-0.3, -0.25) is 9.71 Å². The van der Waals surface area contributed by atoms with E-state index in [0.717, 1.165) is 16.7 Å². The number of nitrogens with zero attached hydrogens (tertiary/aromatic N) is 1. The topological polar surface area (TPSA) is 99.0 Å². The number of benzene rings is 3. The molecule has 7 heteroatoms. The number of hydrogen-bond donors (Lipinski definition) is 3. The molecular weight excluding hydrogens is 388 g/mol. The molecule has 0 saturated heterocycles. The lowest BCUT2D eigenvalue weighted by Crippen LogP contribution is -2.14. The summed E-state index contributed by atoms with van der Waals surface area (Å²) in [5.74, 6) is -0.137. The van der Waals surface area contributed by atoms with Crippen molar-refractivity contribution in [3.05, 3.63) is 76.9 Å². The minimum atomic E-state index is -3.74. The lowest BCUT2D eigenvalue weighted by Gasteiger charge is -2.14. The van der Waals surface area contributed by atoms with Gasteiger partial charge in [-0.1, -0.05) is 17.7 Å². The predicted molar refractivity (Wildman–Crippen MR) is 115 cm³/mol. The summed E-state index contributed by atoms with van der Waals surface area (Å²) in [4.78, 5) is 4.36. The summed E-state index contributed by atoms with van der Waals surface area (Å²) in [6.45, 7) is 5.71. The van der Waals surface area contributed by atoms with Gasteiger partial charge in [0.15, 0.2) is 0 Å². The molecule has 0 aliphatic heterocycles. The molecule has 0 saturated carbocycles. The van der Waals surface area contributed by atoms with E-state index in [1.807, 2.05) is 32.9 Å². The van der Waals surface area contributed by atoms with Crippen molar-refractivity contribution in [1.82, 2.24) is 0 Å². The van der Waals surface area contributed by atoms with Gasteiger partial charge in [0, 0.05) is 17.8 Å². The van der Waals surface area contributed by atoms with E-state index in [2.05, 4.69) is 9.71 Å². The molecule has 0 aliphatic carbocycles. The van der Waals surface area contributed by atoms with Crippen LogP contribution in [0.1, 0.15) is 22.3 Å². The summed E-state index contributed by atoms with van der Waals surface area (Å²) in [5, 5.41) is 19.1. The van der Waals surface area contributed by atoms with Crippen LogP contribution in [0.3, 0.4) is 0 Å². The maximum Gasteiger partial charge on any atom is 0.261 e. The smallest absolute Gasteiger partial charge is 0.261 e. The van der Waals surface area contributed by atoms with Crippen molar-refractivity contribution in [1.29, 1.82) is 0 Å². The first-order valence-corrected chi connectivity index (χ1v) is 10.4. The van der Waals surface area contributed by atoms with Crippen molar-refractivity contribution in [2.45, 2.75) is 25.7 Å². The third-order valence-corrected chi connectivity index (χ3v) is 5.79. The Morgan fingerprint density at radius 3 is 2.10 bits per heavy atom. The zero-order chi connectivity index (χ0) is 21.2. The van der Waals surface area contributed by atoms with E-state index < -0.39 is 10.0 Å². The number of phenolic OH excluding ortho intramolecular Hbond substituents is 2. The molecule has 3 aromatic carbocycles. The van der Waals surface area contributed by atoms with E-state index >= 15 is 0 Å². The highest BCUT2D eigenvalue weighted by Crippen LogP contribution is 2.26. The molecule has 0 bridgehead atoms. The molecule has 3 N–H and O–H groups in total. The molecule has 0 heterocycles. The largest absolute Gasteiger partial charge is 0.508 e. The van der Waals surface area contributed by atoms with Crippen LogP contribution in [-0.4, -0.2) is 24.8 Å². The van der Waals surface area contributed by atoms with Crippen molar-refractivity contribution in [3.8, 4) is 11.5 Å². The zero-order valence-electron chi connectivity index (χ0n) is 16.3. The molecule has 3 aromatic rings. The third kappa shape index (κ3) is 4.75. The minimum Gasteiger partial charge on any atom is -0.508 e. The second kappa shape index (κ2) is 7.97. The quantitative estimate of drug-likeness (QED) is 0.536. The molecule has 0 amide bonds. The van der Waals surface area contributed by atoms with Crippen LogP contribution >= 0.6 is 0 Å². The maximum absolute atomic E-state index is 12.8. The molecular formula is C22H22N2O4S. The van der Waals surface area contributed by atoms with Crippen molar-refractivity contribution in [3.63, 3.8) is 0 Å². The first-order chi connectivity index (χ1) is 13.7. The number of anilines is 1. The fraction of sp³-hybridized carbons (Fsp3) is 0.136.